The van der Waals surface area contributed by atoms with E-state index >= 15 is 0 Å². The molecule has 0 bridgehead atoms. The summed E-state index contributed by atoms with van der Waals surface area (Å²) in [5.41, 5.74) is 1.36. The van der Waals surface area contributed by atoms with Crippen molar-refractivity contribution in [3.8, 4) is 0 Å². The molecule has 0 atom stereocenters. The summed E-state index contributed by atoms with van der Waals surface area (Å²) < 4.78 is 5.17. The Bertz CT molecular complexity index is 308. The van der Waals surface area contributed by atoms with Gasteiger partial charge in [-0.1, -0.05) is 19.1 Å². The molecule has 1 N–H and O–H groups in total. The molecule has 0 unspecified atom stereocenters. The number of rotatable bonds is 6. The summed E-state index contributed by atoms with van der Waals surface area (Å²) in [6, 6.07) is 8.85. The monoisotopic (exact) mass is 237 g/mol. The van der Waals surface area contributed by atoms with Gasteiger partial charge in [0.25, 0.3) is 0 Å². The average molecular weight is 237 g/mol. The van der Waals surface area contributed by atoms with Crippen LogP contribution < -0.4 is 5.32 Å². The molecular weight excluding hydrogens is 218 g/mol. The van der Waals surface area contributed by atoms with Crippen molar-refractivity contribution in [3.63, 3.8) is 0 Å². The Morgan fingerprint density at radius 2 is 2.06 bits per heavy atom. The summed E-state index contributed by atoms with van der Waals surface area (Å²) in [6.07, 6.45) is 1.19. The molecule has 0 amide bonds. The highest BCUT2D eigenvalue weighted by atomic mass is 32.2. The lowest BCUT2D eigenvalue weighted by molar-refractivity contribution is 0.0455. The maximum atomic E-state index is 5.17. The Labute approximate surface area is 102 Å². The van der Waals surface area contributed by atoms with Crippen molar-refractivity contribution < 1.29 is 4.74 Å². The molecule has 1 saturated heterocycles. The second kappa shape index (κ2) is 6.28. The molecule has 0 aliphatic carbocycles. The molecule has 0 aromatic heterocycles. The predicted molar refractivity (Wildman–Crippen MR) is 68.9 cm³/mol. The highest BCUT2D eigenvalue weighted by Crippen LogP contribution is 2.27. The fraction of sp³-hybridized carbons (Fsp3) is 0.538. The van der Waals surface area contributed by atoms with Crippen LogP contribution in [0.1, 0.15) is 18.9 Å². The first-order valence-corrected chi connectivity index (χ1v) is 6.80. The Balaban J connectivity index is 1.78. The summed E-state index contributed by atoms with van der Waals surface area (Å²) >= 11 is 1.92. The standard InChI is InChI=1S/C13H19NOS/c1-2-7-14-8-11-3-5-12(6-4-11)16-13-9-15-10-13/h3-6,13-14H,2,7-10H2,1H3. The SMILES string of the molecule is CCCNCc1ccc(SC2COC2)cc1. The molecule has 1 aromatic carbocycles. The van der Waals surface area contributed by atoms with Crippen LogP contribution in [0.15, 0.2) is 29.2 Å². The minimum absolute atomic E-state index is 0.670. The van der Waals surface area contributed by atoms with Gasteiger partial charge in [0.15, 0.2) is 0 Å². The molecule has 3 heteroatoms. The third kappa shape index (κ3) is 3.51. The topological polar surface area (TPSA) is 21.3 Å². The number of nitrogens with one attached hydrogen (secondary N) is 1. The molecule has 1 fully saturated rings. The number of ether oxygens (including phenoxy) is 1. The zero-order valence-corrected chi connectivity index (χ0v) is 10.6. The van der Waals surface area contributed by atoms with Gasteiger partial charge in [0.2, 0.25) is 0 Å². The van der Waals surface area contributed by atoms with Crippen molar-refractivity contribution in [1.82, 2.24) is 5.32 Å². The maximum absolute atomic E-state index is 5.17. The molecular formula is C13H19NOS. The van der Waals surface area contributed by atoms with E-state index in [1.807, 2.05) is 11.8 Å². The van der Waals surface area contributed by atoms with Gasteiger partial charge in [0, 0.05) is 11.4 Å². The van der Waals surface area contributed by atoms with E-state index in [0.29, 0.717) is 5.25 Å². The first-order valence-electron chi connectivity index (χ1n) is 5.92. The molecule has 0 saturated carbocycles. The molecule has 1 aromatic rings. The molecule has 88 valence electrons. The van der Waals surface area contributed by atoms with E-state index in [-0.39, 0.29) is 0 Å². The van der Waals surface area contributed by atoms with E-state index < -0.39 is 0 Å². The van der Waals surface area contributed by atoms with Crippen LogP contribution in [0.2, 0.25) is 0 Å². The second-order valence-electron chi connectivity index (χ2n) is 4.10. The predicted octanol–water partition coefficient (Wildman–Crippen LogP) is 2.68. The van der Waals surface area contributed by atoms with E-state index in [1.54, 1.807) is 0 Å². The van der Waals surface area contributed by atoms with Crippen LogP contribution >= 0.6 is 11.8 Å². The molecule has 2 nitrogen and oxygen atoms in total. The molecule has 2 rings (SSSR count). The molecule has 1 heterocycles. The summed E-state index contributed by atoms with van der Waals surface area (Å²) in [6.45, 7) is 6.07. The van der Waals surface area contributed by atoms with Crippen LogP contribution in [-0.4, -0.2) is 25.0 Å². The minimum Gasteiger partial charge on any atom is -0.379 e. The Hall–Kier alpha value is -0.510. The summed E-state index contributed by atoms with van der Waals surface area (Å²) in [5, 5.41) is 4.08. The zero-order valence-electron chi connectivity index (χ0n) is 9.74. The Morgan fingerprint density at radius 3 is 2.62 bits per heavy atom. The Kier molecular flexibility index (Phi) is 4.69. The van der Waals surface area contributed by atoms with Gasteiger partial charge < -0.3 is 10.1 Å². The quantitative estimate of drug-likeness (QED) is 0.769. The van der Waals surface area contributed by atoms with Crippen molar-refractivity contribution in [2.45, 2.75) is 30.0 Å². The number of hydrogen-bond acceptors (Lipinski definition) is 3. The summed E-state index contributed by atoms with van der Waals surface area (Å²) in [5.74, 6) is 0. The van der Waals surface area contributed by atoms with Crippen LogP contribution in [0.4, 0.5) is 0 Å². The van der Waals surface area contributed by atoms with Gasteiger partial charge in [-0.25, -0.2) is 0 Å². The van der Waals surface area contributed by atoms with E-state index in [4.69, 9.17) is 4.74 Å². The summed E-state index contributed by atoms with van der Waals surface area (Å²) in [4.78, 5) is 1.35. The highest BCUT2D eigenvalue weighted by molar-refractivity contribution is 8.00. The van der Waals surface area contributed by atoms with E-state index in [2.05, 4.69) is 36.5 Å². The fourth-order valence-corrected chi connectivity index (χ4v) is 2.58. The molecule has 0 spiro atoms. The zero-order chi connectivity index (χ0) is 11.2. The maximum Gasteiger partial charge on any atom is 0.0611 e. The number of benzene rings is 1. The minimum atomic E-state index is 0.670. The van der Waals surface area contributed by atoms with Gasteiger partial charge in [0.05, 0.1) is 18.5 Å². The first-order chi connectivity index (χ1) is 7.88. The van der Waals surface area contributed by atoms with Crippen LogP contribution in [0.25, 0.3) is 0 Å². The van der Waals surface area contributed by atoms with Gasteiger partial charge >= 0.3 is 0 Å². The molecule has 1 aliphatic heterocycles. The lowest BCUT2D eigenvalue weighted by atomic mass is 10.2. The van der Waals surface area contributed by atoms with E-state index in [0.717, 1.165) is 26.3 Å². The van der Waals surface area contributed by atoms with Crippen LogP contribution in [0.5, 0.6) is 0 Å². The third-order valence-corrected chi connectivity index (χ3v) is 3.74. The molecule has 1 aliphatic rings. The van der Waals surface area contributed by atoms with Crippen molar-refractivity contribution in [2.24, 2.45) is 0 Å². The van der Waals surface area contributed by atoms with Gasteiger partial charge in [0.1, 0.15) is 0 Å². The van der Waals surface area contributed by atoms with Gasteiger partial charge in [-0.2, -0.15) is 0 Å². The highest BCUT2D eigenvalue weighted by Gasteiger charge is 2.19. The van der Waals surface area contributed by atoms with Crippen molar-refractivity contribution in [2.75, 3.05) is 19.8 Å². The average Bonchev–Trinajstić information content (AvgIpc) is 2.26. The second-order valence-corrected chi connectivity index (χ2v) is 5.47. The smallest absolute Gasteiger partial charge is 0.0611 e. The third-order valence-electron chi connectivity index (χ3n) is 2.59. The van der Waals surface area contributed by atoms with Crippen LogP contribution in [0, 0.1) is 0 Å². The number of hydrogen-bond donors (Lipinski definition) is 1. The van der Waals surface area contributed by atoms with Crippen molar-refractivity contribution >= 4 is 11.8 Å². The Morgan fingerprint density at radius 1 is 1.31 bits per heavy atom. The van der Waals surface area contributed by atoms with E-state index in [1.165, 1.54) is 16.9 Å². The fourth-order valence-electron chi connectivity index (χ4n) is 1.57. The summed E-state index contributed by atoms with van der Waals surface area (Å²) in [7, 11) is 0. The van der Waals surface area contributed by atoms with Crippen molar-refractivity contribution in [1.29, 1.82) is 0 Å². The normalized spacial score (nSPS) is 16.1. The number of thioether (sulfide) groups is 1. The van der Waals surface area contributed by atoms with Gasteiger partial charge in [-0.3, -0.25) is 0 Å². The lowest BCUT2D eigenvalue weighted by Gasteiger charge is -2.25. The van der Waals surface area contributed by atoms with E-state index in [9.17, 15) is 0 Å². The molecule has 0 radical (unpaired) electrons. The van der Waals surface area contributed by atoms with Gasteiger partial charge in [-0.15, -0.1) is 11.8 Å². The van der Waals surface area contributed by atoms with Crippen molar-refractivity contribution in [3.05, 3.63) is 29.8 Å². The largest absolute Gasteiger partial charge is 0.379 e. The van der Waals surface area contributed by atoms with Crippen LogP contribution in [0.3, 0.4) is 0 Å². The van der Waals surface area contributed by atoms with Crippen LogP contribution in [-0.2, 0) is 11.3 Å². The molecule has 16 heavy (non-hydrogen) atoms. The van der Waals surface area contributed by atoms with Gasteiger partial charge in [-0.05, 0) is 30.7 Å². The first kappa shape index (κ1) is 12.0. The lowest BCUT2D eigenvalue weighted by Crippen LogP contribution is -2.29.